The fourth-order valence-corrected chi connectivity index (χ4v) is 1.69. The molecule has 0 fully saturated rings. The second-order valence-electron chi connectivity index (χ2n) is 3.76. The van der Waals surface area contributed by atoms with E-state index in [1.165, 1.54) is 0 Å². The highest BCUT2D eigenvalue weighted by Gasteiger charge is 2.03. The van der Waals surface area contributed by atoms with Crippen LogP contribution in [-0.4, -0.2) is 22.9 Å². The number of carbonyl (C=O) groups is 1. The summed E-state index contributed by atoms with van der Waals surface area (Å²) in [7, 11) is 1.65. The topological polar surface area (TPSA) is 89.8 Å². The van der Waals surface area contributed by atoms with Crippen molar-refractivity contribution < 1.29 is 4.79 Å². The minimum Gasteiger partial charge on any atom is -0.306 e. The molecule has 1 aromatic heterocycles. The molecule has 0 aliphatic carbocycles. The molecule has 2 rings (SSSR count). The van der Waals surface area contributed by atoms with Crippen molar-refractivity contribution in [2.75, 3.05) is 7.05 Å². The molecule has 0 radical (unpaired) electrons. The van der Waals surface area contributed by atoms with E-state index < -0.39 is 0 Å². The molecular weight excluding hydrogens is 220 g/mol. The molecule has 1 aromatic carbocycles. The van der Waals surface area contributed by atoms with Crippen LogP contribution in [-0.2, 0) is 11.2 Å². The van der Waals surface area contributed by atoms with Crippen molar-refractivity contribution in [1.29, 1.82) is 0 Å². The van der Waals surface area contributed by atoms with Gasteiger partial charge in [0.05, 0.1) is 11.0 Å². The van der Waals surface area contributed by atoms with Crippen LogP contribution in [0.15, 0.2) is 23.0 Å². The first kappa shape index (κ1) is 11.4. The lowest BCUT2D eigenvalue weighted by Crippen LogP contribution is -2.34. The molecular formula is C11H14N4O2. The summed E-state index contributed by atoms with van der Waals surface area (Å²) in [5.41, 5.74) is 7.43. The molecule has 1 heterocycles. The van der Waals surface area contributed by atoms with Crippen LogP contribution >= 0.6 is 0 Å². The fourth-order valence-electron chi connectivity index (χ4n) is 1.69. The second kappa shape index (κ2) is 4.84. The Bertz CT molecular complexity index is 584. The highest BCUT2D eigenvalue weighted by atomic mass is 16.2. The quantitative estimate of drug-likeness (QED) is 0.563. The highest BCUT2D eigenvalue weighted by molar-refractivity contribution is 5.77. The number of fused-ring (bicyclic) bond motifs is 1. The zero-order valence-electron chi connectivity index (χ0n) is 9.46. The monoisotopic (exact) mass is 234 g/mol. The second-order valence-corrected chi connectivity index (χ2v) is 3.76. The van der Waals surface area contributed by atoms with Crippen LogP contribution in [0.3, 0.4) is 0 Å². The number of hydrazine groups is 1. The molecule has 0 bridgehead atoms. The number of hydrogen-bond acceptors (Lipinski definition) is 3. The number of aromatic nitrogens is 2. The average Bonchev–Trinajstić information content (AvgIpc) is 2.66. The molecule has 4 N–H and O–H groups in total. The van der Waals surface area contributed by atoms with Crippen molar-refractivity contribution >= 4 is 16.9 Å². The van der Waals surface area contributed by atoms with Crippen molar-refractivity contribution in [3.05, 3.63) is 34.2 Å². The smallest absolute Gasteiger partial charge is 0.306 e. The summed E-state index contributed by atoms with van der Waals surface area (Å²) in [4.78, 5) is 27.7. The Morgan fingerprint density at radius 3 is 2.82 bits per heavy atom. The minimum absolute atomic E-state index is 0.0600. The van der Waals surface area contributed by atoms with E-state index in [1.807, 2.05) is 18.2 Å². The van der Waals surface area contributed by atoms with E-state index in [2.05, 4.69) is 20.8 Å². The third kappa shape index (κ3) is 2.73. The summed E-state index contributed by atoms with van der Waals surface area (Å²) in [6, 6.07) is 5.61. The van der Waals surface area contributed by atoms with Gasteiger partial charge in [-0.2, -0.15) is 0 Å². The molecule has 6 heteroatoms. The molecule has 1 amide bonds. The molecule has 17 heavy (non-hydrogen) atoms. The van der Waals surface area contributed by atoms with Crippen LogP contribution in [0.25, 0.3) is 11.0 Å². The summed E-state index contributed by atoms with van der Waals surface area (Å²) < 4.78 is 0. The first-order chi connectivity index (χ1) is 8.19. The van der Waals surface area contributed by atoms with Gasteiger partial charge in [-0.3, -0.25) is 10.2 Å². The minimum atomic E-state index is -0.218. The van der Waals surface area contributed by atoms with Gasteiger partial charge in [-0.15, -0.1) is 0 Å². The number of imidazole rings is 1. The standard InChI is InChI=1S/C11H14N4O2/c1-12-15-10(16)5-3-7-2-4-8-9(6-7)14-11(17)13-8/h2,4,6,12H,3,5H2,1H3,(H,15,16)(H2,13,14,17). The number of aryl methyl sites for hydroxylation is 1. The molecule has 0 spiro atoms. The van der Waals surface area contributed by atoms with Gasteiger partial charge in [0, 0.05) is 13.5 Å². The van der Waals surface area contributed by atoms with Gasteiger partial charge in [0.2, 0.25) is 5.91 Å². The van der Waals surface area contributed by atoms with Gasteiger partial charge in [-0.05, 0) is 24.1 Å². The van der Waals surface area contributed by atoms with Gasteiger partial charge in [-0.1, -0.05) is 6.07 Å². The van der Waals surface area contributed by atoms with Gasteiger partial charge >= 0.3 is 5.69 Å². The Labute approximate surface area is 97.4 Å². The van der Waals surface area contributed by atoms with Gasteiger partial charge in [0.1, 0.15) is 0 Å². The largest absolute Gasteiger partial charge is 0.323 e. The van der Waals surface area contributed by atoms with Gasteiger partial charge in [0.25, 0.3) is 0 Å². The normalized spacial score (nSPS) is 10.6. The van der Waals surface area contributed by atoms with Gasteiger partial charge in [0.15, 0.2) is 0 Å². The number of carbonyl (C=O) groups excluding carboxylic acids is 1. The van der Waals surface area contributed by atoms with Gasteiger partial charge in [-0.25, -0.2) is 10.2 Å². The predicted octanol–water partition coefficient (Wildman–Crippen LogP) is 0.0394. The molecule has 2 aromatic rings. The lowest BCUT2D eigenvalue weighted by atomic mass is 10.1. The highest BCUT2D eigenvalue weighted by Crippen LogP contribution is 2.11. The lowest BCUT2D eigenvalue weighted by Gasteiger charge is -2.03. The molecule has 90 valence electrons. The van der Waals surface area contributed by atoms with E-state index >= 15 is 0 Å². The maximum Gasteiger partial charge on any atom is 0.323 e. The molecule has 0 saturated carbocycles. The summed E-state index contributed by atoms with van der Waals surface area (Å²) >= 11 is 0. The summed E-state index contributed by atoms with van der Waals surface area (Å²) in [6.07, 6.45) is 1.04. The van der Waals surface area contributed by atoms with E-state index in [1.54, 1.807) is 7.05 Å². The number of amides is 1. The number of benzene rings is 1. The maximum atomic E-state index is 11.2. The number of rotatable bonds is 4. The van der Waals surface area contributed by atoms with Crippen molar-refractivity contribution in [3.8, 4) is 0 Å². The van der Waals surface area contributed by atoms with Crippen LogP contribution in [0.1, 0.15) is 12.0 Å². The maximum absolute atomic E-state index is 11.2. The molecule has 0 saturated heterocycles. The zero-order chi connectivity index (χ0) is 12.3. The van der Waals surface area contributed by atoms with E-state index in [-0.39, 0.29) is 11.6 Å². The number of nitrogens with one attached hydrogen (secondary N) is 4. The van der Waals surface area contributed by atoms with E-state index in [0.717, 1.165) is 16.6 Å². The predicted molar refractivity (Wildman–Crippen MR) is 64.4 cm³/mol. The lowest BCUT2D eigenvalue weighted by molar-refractivity contribution is -0.121. The molecule has 0 aliphatic rings. The zero-order valence-corrected chi connectivity index (χ0v) is 9.46. The average molecular weight is 234 g/mol. The molecule has 0 aliphatic heterocycles. The number of hydrogen-bond donors (Lipinski definition) is 4. The molecule has 0 atom stereocenters. The van der Waals surface area contributed by atoms with Crippen molar-refractivity contribution in [1.82, 2.24) is 20.8 Å². The van der Waals surface area contributed by atoms with E-state index in [9.17, 15) is 9.59 Å². The van der Waals surface area contributed by atoms with Crippen molar-refractivity contribution in [2.24, 2.45) is 0 Å². The Kier molecular flexibility index (Phi) is 3.24. The molecule has 0 unspecified atom stereocenters. The van der Waals surface area contributed by atoms with Crippen LogP contribution in [0.2, 0.25) is 0 Å². The Hall–Kier alpha value is -2.08. The summed E-state index contributed by atoms with van der Waals surface area (Å²) in [5.74, 6) is -0.0600. The van der Waals surface area contributed by atoms with Crippen molar-refractivity contribution in [3.63, 3.8) is 0 Å². The van der Waals surface area contributed by atoms with Crippen LogP contribution < -0.4 is 16.5 Å². The van der Waals surface area contributed by atoms with Crippen LogP contribution in [0.4, 0.5) is 0 Å². The Morgan fingerprint density at radius 2 is 2.06 bits per heavy atom. The van der Waals surface area contributed by atoms with E-state index in [0.29, 0.717) is 12.8 Å². The Balaban J connectivity index is 2.08. The third-order valence-corrected chi connectivity index (χ3v) is 2.49. The fraction of sp³-hybridized carbons (Fsp3) is 0.273. The van der Waals surface area contributed by atoms with Crippen LogP contribution in [0.5, 0.6) is 0 Å². The summed E-state index contributed by atoms with van der Waals surface area (Å²) in [5, 5.41) is 0. The van der Waals surface area contributed by atoms with Gasteiger partial charge < -0.3 is 9.97 Å². The SMILES string of the molecule is CNNC(=O)CCc1ccc2[nH]c(=O)[nH]c2c1. The first-order valence-corrected chi connectivity index (χ1v) is 5.35. The first-order valence-electron chi connectivity index (χ1n) is 5.35. The third-order valence-electron chi connectivity index (χ3n) is 2.49. The van der Waals surface area contributed by atoms with E-state index in [4.69, 9.17) is 0 Å². The Morgan fingerprint density at radius 1 is 1.29 bits per heavy atom. The number of H-pyrrole nitrogens is 2. The van der Waals surface area contributed by atoms with Crippen LogP contribution in [0, 0.1) is 0 Å². The summed E-state index contributed by atoms with van der Waals surface area (Å²) in [6.45, 7) is 0. The number of aromatic amines is 2. The molecule has 6 nitrogen and oxygen atoms in total. The van der Waals surface area contributed by atoms with Crippen molar-refractivity contribution in [2.45, 2.75) is 12.8 Å².